The molecule has 0 saturated carbocycles. The zero-order valence-corrected chi connectivity index (χ0v) is 31.9. The number of benzene rings is 2. The summed E-state index contributed by atoms with van der Waals surface area (Å²) in [7, 11) is 2.92. The van der Waals surface area contributed by atoms with Crippen molar-refractivity contribution in [3.8, 4) is 23.0 Å². The van der Waals surface area contributed by atoms with E-state index in [4.69, 9.17) is 52.1 Å². The van der Waals surface area contributed by atoms with Gasteiger partial charge in [-0.05, 0) is 42.2 Å². The first-order chi connectivity index (χ1) is 26.1. The zero-order valence-electron chi connectivity index (χ0n) is 31.9. The van der Waals surface area contributed by atoms with Crippen LogP contribution in [0.15, 0.2) is 30.3 Å². The van der Waals surface area contributed by atoms with E-state index >= 15 is 0 Å². The minimum atomic E-state index is -1.46. The molecule has 0 N–H and O–H groups in total. The summed E-state index contributed by atoms with van der Waals surface area (Å²) >= 11 is 0. The number of hydrogen-bond donors (Lipinski definition) is 0. The summed E-state index contributed by atoms with van der Waals surface area (Å²) in [5.74, 6) is -3.30. The van der Waals surface area contributed by atoms with Crippen LogP contribution in [0.1, 0.15) is 76.7 Å². The average molecular weight is 775 g/mol. The Morgan fingerprint density at radius 2 is 1.29 bits per heavy atom. The Morgan fingerprint density at radius 1 is 0.655 bits per heavy atom. The van der Waals surface area contributed by atoms with Crippen LogP contribution < -0.4 is 18.9 Å². The smallest absolute Gasteiger partial charge is 0.308 e. The third-order valence-electron chi connectivity index (χ3n) is 8.45. The van der Waals surface area contributed by atoms with E-state index in [0.29, 0.717) is 35.5 Å². The number of rotatable bonds is 16. The molecule has 2 aromatic carbocycles. The monoisotopic (exact) mass is 774 g/mol. The molecule has 1 saturated heterocycles. The molecule has 17 heteroatoms. The molecular formula is C38H46O17. The highest BCUT2D eigenvalue weighted by atomic mass is 16.7. The molecule has 17 nitrogen and oxygen atoms in total. The summed E-state index contributed by atoms with van der Waals surface area (Å²) in [6, 6.07) is 8.65. The molecule has 4 rings (SSSR count). The highest BCUT2D eigenvalue weighted by Crippen LogP contribution is 2.52. The van der Waals surface area contributed by atoms with Crippen LogP contribution >= 0.6 is 0 Å². The fraction of sp³-hybridized carbons (Fsp3) is 0.526. The second-order valence-electron chi connectivity index (χ2n) is 12.7. The average Bonchev–Trinajstić information content (AvgIpc) is 3.47. The number of carbonyl (C=O) groups excluding carboxylic acids is 6. The van der Waals surface area contributed by atoms with Crippen molar-refractivity contribution in [1.82, 2.24) is 0 Å². The zero-order chi connectivity index (χ0) is 40.4. The molecule has 0 bridgehead atoms. The normalized spacial score (nSPS) is 22.6. The number of ether oxygens (including phenoxy) is 11. The van der Waals surface area contributed by atoms with Crippen molar-refractivity contribution in [3.05, 3.63) is 47.0 Å². The molecule has 0 amide bonds. The van der Waals surface area contributed by atoms with Gasteiger partial charge in [0.2, 0.25) is 0 Å². The van der Waals surface area contributed by atoms with Crippen LogP contribution in [0.4, 0.5) is 0 Å². The van der Waals surface area contributed by atoms with E-state index in [1.807, 2.05) is 12.1 Å². The summed E-state index contributed by atoms with van der Waals surface area (Å²) < 4.78 is 62.7. The van der Waals surface area contributed by atoms with Crippen LogP contribution in [0, 0.1) is 0 Å². The van der Waals surface area contributed by atoms with Gasteiger partial charge in [-0.1, -0.05) is 12.1 Å². The molecule has 7 atom stereocenters. The van der Waals surface area contributed by atoms with E-state index in [-0.39, 0.29) is 24.7 Å². The molecule has 0 spiro atoms. The molecule has 2 aromatic rings. The first kappa shape index (κ1) is 42.3. The molecular weight excluding hydrogens is 728 g/mol. The molecule has 0 aliphatic carbocycles. The number of methoxy groups -OCH3 is 2. The molecule has 7 unspecified atom stereocenters. The van der Waals surface area contributed by atoms with E-state index in [2.05, 4.69) is 0 Å². The Kier molecular flexibility index (Phi) is 14.8. The molecule has 300 valence electrons. The van der Waals surface area contributed by atoms with E-state index in [1.54, 1.807) is 18.2 Å². The first-order valence-corrected chi connectivity index (χ1v) is 17.4. The Balaban J connectivity index is 1.78. The Hall–Kier alpha value is -5.42. The van der Waals surface area contributed by atoms with Crippen molar-refractivity contribution in [1.29, 1.82) is 0 Å². The quantitative estimate of drug-likeness (QED) is 0.104. The number of aryl methyl sites for hydroxylation is 1. The van der Waals surface area contributed by atoms with Gasteiger partial charge in [-0.25, -0.2) is 0 Å². The predicted molar refractivity (Wildman–Crippen MR) is 186 cm³/mol. The van der Waals surface area contributed by atoms with Gasteiger partial charge in [-0.2, -0.15) is 0 Å². The highest BCUT2D eigenvalue weighted by molar-refractivity contribution is 5.71. The van der Waals surface area contributed by atoms with Crippen LogP contribution in [0.3, 0.4) is 0 Å². The lowest BCUT2D eigenvalue weighted by atomic mass is 9.90. The molecule has 0 radical (unpaired) electrons. The lowest BCUT2D eigenvalue weighted by Gasteiger charge is -2.44. The SMILES string of the molecule is COc1cc(C2Oc3c(OC)cc(CCCOC(C)=O)cc3C2COC2OC(COC(C)=O)C(OC(C)=O)C(OC(C)=O)C2OC(C)=O)ccc1OC(C)=O. The fourth-order valence-corrected chi connectivity index (χ4v) is 6.34. The van der Waals surface area contributed by atoms with Crippen molar-refractivity contribution in [3.63, 3.8) is 0 Å². The van der Waals surface area contributed by atoms with Crippen LogP contribution in [0.5, 0.6) is 23.0 Å². The molecule has 2 aliphatic rings. The van der Waals surface area contributed by atoms with Gasteiger partial charge in [-0.15, -0.1) is 0 Å². The Morgan fingerprint density at radius 3 is 1.89 bits per heavy atom. The standard InChI is InChI=1S/C38H46O17/c1-19(39)47-13-9-10-25-14-27-28(33(55-34(27)31(15-25)46-8)26-11-12-29(50-21(3)41)30(16-26)45-7)17-49-38-37(53-24(6)44)36(52-23(5)43)35(51-22(4)42)32(54-38)18-48-20(2)40/h11-12,14-16,28,32-33,35-38H,9-10,13,17-18H2,1-8H3. The first-order valence-electron chi connectivity index (χ1n) is 17.4. The number of fused-ring (bicyclic) bond motifs is 1. The van der Waals surface area contributed by atoms with Crippen molar-refractivity contribution in [2.75, 3.05) is 34.0 Å². The summed E-state index contributed by atoms with van der Waals surface area (Å²) in [6.07, 6.45) is -6.67. The maximum Gasteiger partial charge on any atom is 0.308 e. The maximum absolute atomic E-state index is 12.4. The molecule has 0 aromatic heterocycles. The third kappa shape index (κ3) is 11.3. The van der Waals surface area contributed by atoms with E-state index < -0.39 is 85.2 Å². The largest absolute Gasteiger partial charge is 0.493 e. The van der Waals surface area contributed by atoms with Gasteiger partial charge < -0.3 is 52.1 Å². The summed E-state index contributed by atoms with van der Waals surface area (Å²) in [5.41, 5.74) is 2.10. The van der Waals surface area contributed by atoms with Crippen LogP contribution in [-0.4, -0.2) is 101 Å². The number of hydrogen-bond acceptors (Lipinski definition) is 17. The van der Waals surface area contributed by atoms with Crippen molar-refractivity contribution >= 4 is 35.8 Å². The second-order valence-corrected chi connectivity index (χ2v) is 12.7. The lowest BCUT2D eigenvalue weighted by molar-refractivity contribution is -0.309. The lowest BCUT2D eigenvalue weighted by Crippen LogP contribution is -2.63. The fourth-order valence-electron chi connectivity index (χ4n) is 6.34. The van der Waals surface area contributed by atoms with Crippen molar-refractivity contribution < 1.29 is 80.9 Å². The predicted octanol–water partition coefficient (Wildman–Crippen LogP) is 3.44. The number of esters is 6. The van der Waals surface area contributed by atoms with Gasteiger partial charge in [0.25, 0.3) is 0 Å². The van der Waals surface area contributed by atoms with Gasteiger partial charge in [0, 0.05) is 47.1 Å². The Labute approximate surface area is 317 Å². The summed E-state index contributed by atoms with van der Waals surface area (Å²) in [4.78, 5) is 71.9. The summed E-state index contributed by atoms with van der Waals surface area (Å²) in [6.45, 7) is 6.75. The molecule has 2 aliphatic heterocycles. The van der Waals surface area contributed by atoms with E-state index in [1.165, 1.54) is 35.0 Å². The minimum Gasteiger partial charge on any atom is -0.493 e. The van der Waals surface area contributed by atoms with Gasteiger partial charge in [0.05, 0.1) is 33.4 Å². The van der Waals surface area contributed by atoms with Gasteiger partial charge in [0.15, 0.2) is 47.6 Å². The Bertz CT molecular complexity index is 1740. The molecule has 1 fully saturated rings. The van der Waals surface area contributed by atoms with Gasteiger partial charge in [0.1, 0.15) is 18.8 Å². The van der Waals surface area contributed by atoms with Gasteiger partial charge >= 0.3 is 35.8 Å². The summed E-state index contributed by atoms with van der Waals surface area (Å²) in [5, 5.41) is 0. The van der Waals surface area contributed by atoms with E-state index in [0.717, 1.165) is 26.3 Å². The molecule has 2 heterocycles. The van der Waals surface area contributed by atoms with Crippen LogP contribution in [0.2, 0.25) is 0 Å². The molecule has 55 heavy (non-hydrogen) atoms. The van der Waals surface area contributed by atoms with Gasteiger partial charge in [-0.3, -0.25) is 28.8 Å². The van der Waals surface area contributed by atoms with E-state index in [9.17, 15) is 28.8 Å². The topological polar surface area (TPSA) is 204 Å². The van der Waals surface area contributed by atoms with Crippen molar-refractivity contribution in [2.45, 2.75) is 97.1 Å². The second kappa shape index (κ2) is 19.3. The van der Waals surface area contributed by atoms with Crippen LogP contribution in [-0.2, 0) is 68.3 Å². The van der Waals surface area contributed by atoms with Crippen molar-refractivity contribution in [2.24, 2.45) is 0 Å². The highest BCUT2D eigenvalue weighted by Gasteiger charge is 2.53. The minimum absolute atomic E-state index is 0.181. The van der Waals surface area contributed by atoms with Crippen LogP contribution in [0.25, 0.3) is 0 Å². The third-order valence-corrected chi connectivity index (χ3v) is 8.45. The number of carbonyl (C=O) groups is 6. The maximum atomic E-state index is 12.4.